The minimum atomic E-state index is -0.299. The zero-order valence-corrected chi connectivity index (χ0v) is 7.85. The van der Waals surface area contributed by atoms with Crippen LogP contribution in [-0.4, -0.2) is 40.3 Å². The predicted octanol–water partition coefficient (Wildman–Crippen LogP) is -1.10. The Bertz CT molecular complexity index is 279. The van der Waals surface area contributed by atoms with Gasteiger partial charge >= 0.3 is 0 Å². The van der Waals surface area contributed by atoms with Crippen LogP contribution in [0.5, 0.6) is 0 Å². The first kappa shape index (κ1) is 9.51. The van der Waals surface area contributed by atoms with Crippen LogP contribution in [0.3, 0.4) is 0 Å². The lowest BCUT2D eigenvalue weighted by Gasteiger charge is -2.14. The van der Waals surface area contributed by atoms with Gasteiger partial charge in [-0.3, -0.25) is 9.97 Å². The number of hydrogen-bond acceptors (Lipinski definition) is 5. The number of nitrogens with zero attached hydrogens (tertiary/aromatic N) is 2. The molecular formula is C9H14N4O. The zero-order valence-electron chi connectivity index (χ0n) is 7.85. The SMILES string of the molecule is O[C@@H]1CNC[C@H]1NCc1cnccn1. The topological polar surface area (TPSA) is 70.1 Å². The molecule has 2 rings (SSSR count). The molecule has 5 heteroatoms. The van der Waals surface area contributed by atoms with Gasteiger partial charge in [0.2, 0.25) is 0 Å². The number of aliphatic hydroxyl groups is 1. The van der Waals surface area contributed by atoms with E-state index in [1.807, 2.05) is 0 Å². The normalized spacial score (nSPS) is 26.6. The van der Waals surface area contributed by atoms with Crippen molar-refractivity contribution in [3.63, 3.8) is 0 Å². The largest absolute Gasteiger partial charge is 0.390 e. The third-order valence-electron chi connectivity index (χ3n) is 2.34. The lowest BCUT2D eigenvalue weighted by Crippen LogP contribution is -2.38. The van der Waals surface area contributed by atoms with E-state index in [1.54, 1.807) is 18.6 Å². The quantitative estimate of drug-likeness (QED) is 0.570. The molecule has 1 saturated heterocycles. The Morgan fingerprint density at radius 1 is 1.50 bits per heavy atom. The van der Waals surface area contributed by atoms with E-state index in [0.29, 0.717) is 13.1 Å². The monoisotopic (exact) mass is 194 g/mol. The molecule has 1 aliphatic rings. The van der Waals surface area contributed by atoms with Gasteiger partial charge in [-0.2, -0.15) is 0 Å². The molecule has 0 radical (unpaired) electrons. The summed E-state index contributed by atoms with van der Waals surface area (Å²) in [7, 11) is 0. The lowest BCUT2D eigenvalue weighted by molar-refractivity contribution is 0.162. The van der Waals surface area contributed by atoms with E-state index in [1.165, 1.54) is 0 Å². The van der Waals surface area contributed by atoms with Gasteiger partial charge in [-0.1, -0.05) is 0 Å². The molecule has 2 atom stereocenters. The number of hydrogen-bond donors (Lipinski definition) is 3. The van der Waals surface area contributed by atoms with Crippen LogP contribution in [0.15, 0.2) is 18.6 Å². The summed E-state index contributed by atoms with van der Waals surface area (Å²) in [6, 6.07) is 0.122. The second-order valence-electron chi connectivity index (χ2n) is 3.41. The predicted molar refractivity (Wildman–Crippen MR) is 51.5 cm³/mol. The molecule has 1 fully saturated rings. The highest BCUT2D eigenvalue weighted by Crippen LogP contribution is 2.00. The molecule has 3 N–H and O–H groups in total. The Morgan fingerprint density at radius 2 is 2.43 bits per heavy atom. The van der Waals surface area contributed by atoms with Gasteiger partial charge in [-0.25, -0.2) is 0 Å². The van der Waals surface area contributed by atoms with Crippen molar-refractivity contribution in [3.8, 4) is 0 Å². The molecule has 1 aromatic rings. The van der Waals surface area contributed by atoms with E-state index in [2.05, 4.69) is 20.6 Å². The van der Waals surface area contributed by atoms with Gasteiger partial charge in [0, 0.05) is 44.3 Å². The molecule has 2 heterocycles. The average molecular weight is 194 g/mol. The van der Waals surface area contributed by atoms with Crippen molar-refractivity contribution in [2.24, 2.45) is 0 Å². The number of nitrogens with one attached hydrogen (secondary N) is 2. The summed E-state index contributed by atoms with van der Waals surface area (Å²) in [6.07, 6.45) is 4.74. The van der Waals surface area contributed by atoms with E-state index in [0.717, 1.165) is 12.2 Å². The minimum Gasteiger partial charge on any atom is -0.390 e. The summed E-state index contributed by atoms with van der Waals surface area (Å²) < 4.78 is 0. The molecular weight excluding hydrogens is 180 g/mol. The Labute approximate surface area is 82.6 Å². The molecule has 0 unspecified atom stereocenters. The molecule has 0 saturated carbocycles. The van der Waals surface area contributed by atoms with Gasteiger partial charge < -0.3 is 15.7 Å². The van der Waals surface area contributed by atoms with E-state index < -0.39 is 0 Å². The summed E-state index contributed by atoms with van der Waals surface area (Å²) in [4.78, 5) is 8.11. The Kier molecular flexibility index (Phi) is 3.03. The van der Waals surface area contributed by atoms with Crippen LogP contribution >= 0.6 is 0 Å². The van der Waals surface area contributed by atoms with Gasteiger partial charge in [-0.05, 0) is 0 Å². The second kappa shape index (κ2) is 4.45. The van der Waals surface area contributed by atoms with Crippen LogP contribution in [0.2, 0.25) is 0 Å². The first-order valence-electron chi connectivity index (χ1n) is 4.73. The van der Waals surface area contributed by atoms with E-state index in [-0.39, 0.29) is 12.1 Å². The maximum atomic E-state index is 9.51. The zero-order chi connectivity index (χ0) is 9.80. The van der Waals surface area contributed by atoms with Gasteiger partial charge in [0.1, 0.15) is 0 Å². The van der Waals surface area contributed by atoms with Crippen molar-refractivity contribution in [1.29, 1.82) is 0 Å². The van der Waals surface area contributed by atoms with Crippen LogP contribution in [0.25, 0.3) is 0 Å². The summed E-state index contributed by atoms with van der Waals surface area (Å²) in [5, 5.41) is 15.8. The number of aromatic nitrogens is 2. The highest BCUT2D eigenvalue weighted by molar-refractivity contribution is 4.96. The van der Waals surface area contributed by atoms with Crippen LogP contribution in [-0.2, 0) is 6.54 Å². The Balaban J connectivity index is 1.82. The second-order valence-corrected chi connectivity index (χ2v) is 3.41. The molecule has 0 aromatic carbocycles. The van der Waals surface area contributed by atoms with Crippen LogP contribution < -0.4 is 10.6 Å². The Hall–Kier alpha value is -1.04. The molecule has 0 aliphatic carbocycles. The fourth-order valence-electron chi connectivity index (χ4n) is 1.53. The molecule has 0 spiro atoms. The third-order valence-corrected chi connectivity index (χ3v) is 2.34. The van der Waals surface area contributed by atoms with E-state index >= 15 is 0 Å². The third kappa shape index (κ3) is 2.25. The van der Waals surface area contributed by atoms with Gasteiger partial charge in [0.05, 0.1) is 11.8 Å². The number of rotatable bonds is 3. The van der Waals surface area contributed by atoms with E-state index in [4.69, 9.17) is 0 Å². The highest BCUT2D eigenvalue weighted by Gasteiger charge is 2.23. The van der Waals surface area contributed by atoms with Crippen molar-refractivity contribution in [1.82, 2.24) is 20.6 Å². The minimum absolute atomic E-state index is 0.122. The molecule has 5 nitrogen and oxygen atoms in total. The average Bonchev–Trinajstić information content (AvgIpc) is 2.63. The fraction of sp³-hybridized carbons (Fsp3) is 0.556. The van der Waals surface area contributed by atoms with Crippen molar-refractivity contribution in [3.05, 3.63) is 24.3 Å². The van der Waals surface area contributed by atoms with Crippen molar-refractivity contribution in [2.45, 2.75) is 18.7 Å². The first-order chi connectivity index (χ1) is 6.86. The highest BCUT2D eigenvalue weighted by atomic mass is 16.3. The lowest BCUT2D eigenvalue weighted by atomic mass is 10.2. The summed E-state index contributed by atoms with van der Waals surface area (Å²) in [5.41, 5.74) is 0.895. The molecule has 1 aromatic heterocycles. The first-order valence-corrected chi connectivity index (χ1v) is 4.73. The van der Waals surface area contributed by atoms with Crippen molar-refractivity contribution >= 4 is 0 Å². The van der Waals surface area contributed by atoms with Crippen LogP contribution in [0.1, 0.15) is 5.69 Å². The Morgan fingerprint density at radius 3 is 3.07 bits per heavy atom. The molecule has 14 heavy (non-hydrogen) atoms. The molecule has 76 valence electrons. The molecule has 1 aliphatic heterocycles. The van der Waals surface area contributed by atoms with Gasteiger partial charge in [0.25, 0.3) is 0 Å². The fourth-order valence-corrected chi connectivity index (χ4v) is 1.53. The summed E-state index contributed by atoms with van der Waals surface area (Å²) in [5.74, 6) is 0. The summed E-state index contributed by atoms with van der Waals surface area (Å²) in [6.45, 7) is 2.12. The van der Waals surface area contributed by atoms with Crippen molar-refractivity contribution in [2.75, 3.05) is 13.1 Å². The number of aliphatic hydroxyl groups excluding tert-OH is 1. The van der Waals surface area contributed by atoms with Gasteiger partial charge in [0.15, 0.2) is 0 Å². The van der Waals surface area contributed by atoms with Crippen LogP contribution in [0, 0.1) is 0 Å². The maximum Gasteiger partial charge on any atom is 0.0829 e. The molecule has 0 amide bonds. The van der Waals surface area contributed by atoms with Crippen LogP contribution in [0.4, 0.5) is 0 Å². The van der Waals surface area contributed by atoms with Crippen molar-refractivity contribution < 1.29 is 5.11 Å². The van der Waals surface area contributed by atoms with Gasteiger partial charge in [-0.15, -0.1) is 0 Å². The standard InChI is InChI=1S/C9H14N4O/c14-9-6-11-5-8(9)13-4-7-3-10-1-2-12-7/h1-3,8-9,11,13-14H,4-6H2/t8-,9-/m1/s1. The van der Waals surface area contributed by atoms with E-state index in [9.17, 15) is 5.11 Å². The maximum absolute atomic E-state index is 9.51. The number of β-amino-alcohol motifs (C(OH)–C–C–N with tert-alkyl or cyclic N) is 1. The smallest absolute Gasteiger partial charge is 0.0829 e. The summed E-state index contributed by atoms with van der Waals surface area (Å²) >= 11 is 0. The molecule has 0 bridgehead atoms.